The molecule has 42 heavy (non-hydrogen) atoms. The van der Waals surface area contributed by atoms with E-state index in [4.69, 9.17) is 26.1 Å². The van der Waals surface area contributed by atoms with Crippen molar-refractivity contribution in [2.45, 2.75) is 45.4 Å². The van der Waals surface area contributed by atoms with Gasteiger partial charge in [-0.3, -0.25) is 9.88 Å². The Morgan fingerprint density at radius 1 is 1.10 bits per heavy atom. The first kappa shape index (κ1) is 29.0. The van der Waals surface area contributed by atoms with Gasteiger partial charge in [0.1, 0.15) is 5.01 Å². The molecule has 2 fully saturated rings. The molecule has 4 aromatic rings. The van der Waals surface area contributed by atoms with Crippen LogP contribution < -0.4 is 4.90 Å². The monoisotopic (exact) mass is 606 g/mol. The van der Waals surface area contributed by atoms with Gasteiger partial charge in [0.2, 0.25) is 0 Å². The van der Waals surface area contributed by atoms with Gasteiger partial charge < -0.3 is 19.5 Å². The largest absolute Gasteiger partial charge is 0.479 e. The summed E-state index contributed by atoms with van der Waals surface area (Å²) < 4.78 is 12.4. The maximum Gasteiger partial charge on any atom is 0.337 e. The number of anilines is 1. The summed E-state index contributed by atoms with van der Waals surface area (Å²) in [5, 5.41) is 11.8. The number of nitrogens with zero attached hydrogens (tertiary/aromatic N) is 4. The fraction of sp³-hybridized carbons (Fsp3) is 0.406. The highest BCUT2D eigenvalue weighted by Crippen LogP contribution is 2.44. The standard InChI is InChI=1S/C32H35ClN4O4S/c1-19-13-25-29(27(20-5-7-22(33)8-6-20)26(19)28(31(38)39)41-32(2,3)4)42-30(35-25)21-14-23(16-34-15-21)36-9-11-37(12-10-36)24-17-40-18-24/h5-8,13-16,24,28H,9-12,17-18H2,1-4H3,(H,38,39). The number of hydrogen-bond acceptors (Lipinski definition) is 8. The quantitative estimate of drug-likeness (QED) is 0.257. The number of fused-ring (bicyclic) bond motifs is 1. The van der Waals surface area contributed by atoms with E-state index in [1.807, 2.05) is 70.4 Å². The molecule has 2 saturated heterocycles. The summed E-state index contributed by atoms with van der Waals surface area (Å²) in [5.74, 6) is -1.03. The van der Waals surface area contributed by atoms with E-state index in [2.05, 4.69) is 20.9 Å². The number of ether oxygens (including phenoxy) is 2. The van der Waals surface area contributed by atoms with Gasteiger partial charge in [-0.2, -0.15) is 0 Å². The lowest BCUT2D eigenvalue weighted by molar-refractivity contribution is -0.160. The minimum Gasteiger partial charge on any atom is -0.479 e. The molecule has 8 nitrogen and oxygen atoms in total. The highest BCUT2D eigenvalue weighted by atomic mass is 35.5. The SMILES string of the molecule is Cc1cc2nc(-c3cncc(N4CCN(C5COC5)CC4)c3)sc2c(-c2ccc(Cl)cc2)c1C(OC(C)(C)C)C(=O)O. The molecule has 1 atom stereocenters. The smallest absolute Gasteiger partial charge is 0.337 e. The van der Waals surface area contributed by atoms with E-state index in [0.29, 0.717) is 16.6 Å². The Balaban J connectivity index is 1.41. The molecule has 2 aromatic carbocycles. The van der Waals surface area contributed by atoms with Crippen molar-refractivity contribution in [2.24, 2.45) is 0 Å². The number of piperazine rings is 1. The summed E-state index contributed by atoms with van der Waals surface area (Å²) >= 11 is 7.78. The minimum atomic E-state index is -1.15. The fourth-order valence-corrected chi connectivity index (χ4v) is 6.89. The van der Waals surface area contributed by atoms with E-state index in [1.54, 1.807) is 11.3 Å². The highest BCUT2D eigenvalue weighted by Gasteiger charge is 2.33. The molecule has 0 bridgehead atoms. The van der Waals surface area contributed by atoms with Crippen LogP contribution in [-0.2, 0) is 14.3 Å². The number of carbonyl (C=O) groups is 1. The Morgan fingerprint density at radius 2 is 1.81 bits per heavy atom. The number of aromatic nitrogens is 2. The van der Waals surface area contributed by atoms with Gasteiger partial charge in [-0.05, 0) is 63.1 Å². The predicted molar refractivity (Wildman–Crippen MR) is 168 cm³/mol. The summed E-state index contributed by atoms with van der Waals surface area (Å²) in [7, 11) is 0. The molecule has 0 saturated carbocycles. The number of halogens is 1. The van der Waals surface area contributed by atoms with Crippen LogP contribution in [-0.4, -0.2) is 77.0 Å². The Bertz CT molecular complexity index is 1610. The van der Waals surface area contributed by atoms with Gasteiger partial charge in [0, 0.05) is 54.1 Å². The molecule has 2 aliphatic heterocycles. The van der Waals surface area contributed by atoms with Crippen molar-refractivity contribution in [3.63, 3.8) is 0 Å². The number of hydrogen-bond donors (Lipinski definition) is 1. The van der Waals surface area contributed by atoms with E-state index in [9.17, 15) is 9.90 Å². The van der Waals surface area contributed by atoms with E-state index in [-0.39, 0.29) is 0 Å². The van der Waals surface area contributed by atoms with Crippen LogP contribution in [0.15, 0.2) is 48.8 Å². The molecule has 6 rings (SSSR count). The lowest BCUT2D eigenvalue weighted by Gasteiger charge is -2.43. The second-order valence-electron chi connectivity index (χ2n) is 12.0. The Morgan fingerprint density at radius 3 is 2.43 bits per heavy atom. The molecule has 10 heteroatoms. The van der Waals surface area contributed by atoms with Crippen LogP contribution >= 0.6 is 22.9 Å². The first-order valence-electron chi connectivity index (χ1n) is 14.2. The Hall–Kier alpha value is -3.08. The minimum absolute atomic E-state index is 0.553. The van der Waals surface area contributed by atoms with E-state index in [1.165, 1.54) is 0 Å². The van der Waals surface area contributed by atoms with Crippen LogP contribution in [0.1, 0.15) is 38.0 Å². The molecule has 0 aliphatic carbocycles. The lowest BCUT2D eigenvalue weighted by Crippen LogP contribution is -2.56. The van der Waals surface area contributed by atoms with Gasteiger partial charge >= 0.3 is 5.97 Å². The first-order valence-corrected chi connectivity index (χ1v) is 15.4. The molecule has 4 heterocycles. The van der Waals surface area contributed by atoms with Crippen molar-refractivity contribution in [1.82, 2.24) is 14.9 Å². The van der Waals surface area contributed by atoms with Crippen molar-refractivity contribution < 1.29 is 19.4 Å². The van der Waals surface area contributed by atoms with Gasteiger partial charge in [0.15, 0.2) is 6.10 Å². The van der Waals surface area contributed by atoms with Crippen molar-refractivity contribution >= 4 is 44.8 Å². The van der Waals surface area contributed by atoms with Gasteiger partial charge in [-0.1, -0.05) is 23.7 Å². The normalized spacial score (nSPS) is 17.4. The molecule has 220 valence electrons. The summed E-state index contributed by atoms with van der Waals surface area (Å²) in [6, 6.07) is 12.2. The fourth-order valence-electron chi connectivity index (χ4n) is 5.66. The van der Waals surface area contributed by atoms with Crippen LogP contribution in [0.25, 0.3) is 31.9 Å². The molecule has 1 unspecified atom stereocenters. The van der Waals surface area contributed by atoms with Crippen LogP contribution in [0.5, 0.6) is 0 Å². The summed E-state index contributed by atoms with van der Waals surface area (Å²) in [5.41, 5.74) is 5.27. The first-order chi connectivity index (χ1) is 20.1. The molecule has 0 amide bonds. The van der Waals surface area contributed by atoms with Gasteiger partial charge in [0.05, 0.1) is 47.0 Å². The zero-order chi connectivity index (χ0) is 29.6. The van der Waals surface area contributed by atoms with Crippen molar-refractivity contribution in [3.8, 4) is 21.7 Å². The highest BCUT2D eigenvalue weighted by molar-refractivity contribution is 7.22. The van der Waals surface area contributed by atoms with Crippen molar-refractivity contribution in [3.05, 3.63) is 64.9 Å². The number of thiazole rings is 1. The number of carboxylic acid groups (broad SMARTS) is 1. The number of aryl methyl sites for hydroxylation is 1. The number of benzene rings is 2. The topological polar surface area (TPSA) is 88.0 Å². The van der Waals surface area contributed by atoms with Crippen LogP contribution in [0, 0.1) is 6.92 Å². The summed E-state index contributed by atoms with van der Waals surface area (Å²) in [4.78, 5) is 27.1. The lowest BCUT2D eigenvalue weighted by atomic mass is 9.91. The van der Waals surface area contributed by atoms with Crippen LogP contribution in [0.3, 0.4) is 0 Å². The number of rotatable bonds is 7. The third kappa shape index (κ3) is 5.89. The van der Waals surface area contributed by atoms with E-state index >= 15 is 0 Å². The third-order valence-electron chi connectivity index (χ3n) is 7.81. The molecule has 0 spiro atoms. The zero-order valence-corrected chi connectivity index (χ0v) is 25.8. The number of carboxylic acids is 1. The summed E-state index contributed by atoms with van der Waals surface area (Å²) in [6.45, 7) is 13.1. The molecule has 1 N–H and O–H groups in total. The molecule has 0 radical (unpaired) electrons. The van der Waals surface area contributed by atoms with Gasteiger partial charge in [-0.25, -0.2) is 9.78 Å². The third-order valence-corrected chi connectivity index (χ3v) is 9.20. The number of aliphatic carboxylic acids is 1. The molecular weight excluding hydrogens is 572 g/mol. The predicted octanol–water partition coefficient (Wildman–Crippen LogP) is 6.45. The molecule has 2 aromatic heterocycles. The van der Waals surface area contributed by atoms with E-state index in [0.717, 1.165) is 82.6 Å². The average molecular weight is 607 g/mol. The summed E-state index contributed by atoms with van der Waals surface area (Å²) in [6.07, 6.45) is 2.62. The second kappa shape index (κ2) is 11.5. The average Bonchev–Trinajstić information content (AvgIpc) is 3.34. The molecular formula is C32H35ClN4O4S. The van der Waals surface area contributed by atoms with Crippen LogP contribution in [0.4, 0.5) is 5.69 Å². The second-order valence-corrected chi connectivity index (χ2v) is 13.4. The maximum absolute atomic E-state index is 12.6. The van der Waals surface area contributed by atoms with Gasteiger partial charge in [-0.15, -0.1) is 11.3 Å². The van der Waals surface area contributed by atoms with Gasteiger partial charge in [0.25, 0.3) is 0 Å². The Labute approximate surface area is 254 Å². The molecule has 2 aliphatic rings. The van der Waals surface area contributed by atoms with Crippen molar-refractivity contribution in [2.75, 3.05) is 44.3 Å². The maximum atomic E-state index is 12.6. The Kier molecular flexibility index (Phi) is 7.97. The van der Waals surface area contributed by atoms with E-state index < -0.39 is 17.7 Å². The van der Waals surface area contributed by atoms with Crippen LogP contribution in [0.2, 0.25) is 5.02 Å². The van der Waals surface area contributed by atoms with Crippen molar-refractivity contribution in [1.29, 1.82) is 0 Å². The number of pyridine rings is 1. The zero-order valence-electron chi connectivity index (χ0n) is 24.3.